The van der Waals surface area contributed by atoms with Crippen molar-refractivity contribution in [1.29, 1.82) is 0 Å². The van der Waals surface area contributed by atoms with Gasteiger partial charge in [-0.2, -0.15) is 0 Å². The smallest absolute Gasteiger partial charge is 0.410 e. The third-order valence-corrected chi connectivity index (χ3v) is 14.7. The third-order valence-electron chi connectivity index (χ3n) is 13.1. The lowest BCUT2D eigenvalue weighted by Crippen LogP contribution is -2.38. The van der Waals surface area contributed by atoms with E-state index in [1.807, 2.05) is 80.5 Å². The molecule has 3 aliphatic heterocycles. The number of nitro groups is 2. The summed E-state index contributed by atoms with van der Waals surface area (Å²) in [5.74, 6) is -1.54. The number of carbonyl (C=O) groups is 1. The Hall–Kier alpha value is -5.19. The van der Waals surface area contributed by atoms with Crippen LogP contribution in [0.1, 0.15) is 110 Å². The molecule has 18 nitrogen and oxygen atoms in total. The summed E-state index contributed by atoms with van der Waals surface area (Å²) in [7, 11) is 0. The van der Waals surface area contributed by atoms with Crippen molar-refractivity contribution in [2.75, 3.05) is 63.9 Å². The van der Waals surface area contributed by atoms with Crippen LogP contribution in [0, 0.1) is 47.9 Å². The van der Waals surface area contributed by atoms with Gasteiger partial charge >= 0.3 is 6.09 Å². The minimum atomic E-state index is -0.602. The molecule has 0 aromatic heterocycles. The fourth-order valence-corrected chi connectivity index (χ4v) is 9.28. The van der Waals surface area contributed by atoms with E-state index in [-0.39, 0.29) is 47.4 Å². The summed E-state index contributed by atoms with van der Waals surface area (Å²) in [4.78, 5) is 32.7. The van der Waals surface area contributed by atoms with Crippen LogP contribution in [0.2, 0.25) is 20.1 Å². The van der Waals surface area contributed by atoms with E-state index in [0.29, 0.717) is 83.0 Å². The van der Waals surface area contributed by atoms with Gasteiger partial charge in [-0.3, -0.25) is 25.5 Å². The van der Waals surface area contributed by atoms with E-state index in [2.05, 4.69) is 5.32 Å². The number of rotatable bonds is 10. The summed E-state index contributed by atoms with van der Waals surface area (Å²) < 4.78 is 39.3. The molecular weight excluding hydrogens is 1090 g/mol. The molecule has 0 unspecified atom stereocenters. The molecule has 5 aromatic rings. The lowest BCUT2D eigenvalue weighted by atomic mass is 9.94. The molecule has 3 aliphatic rings. The number of non-ortho nitro benzene ring substituents is 2. The second kappa shape index (κ2) is 27.8. The number of nitrogen functional groups attached to an aromatic ring is 1. The van der Waals surface area contributed by atoms with E-state index in [1.54, 1.807) is 49.4 Å². The maximum atomic E-state index is 12.1. The molecule has 0 saturated carbocycles. The topological polar surface area (TPSA) is 246 Å². The number of amides is 1. The molecule has 0 radical (unpaired) electrons. The van der Waals surface area contributed by atoms with Crippen molar-refractivity contribution in [2.45, 2.75) is 110 Å². The highest BCUT2D eigenvalue weighted by molar-refractivity contribution is 6.32. The monoisotopic (exact) mass is 1160 g/mol. The van der Waals surface area contributed by atoms with Gasteiger partial charge in [0.2, 0.25) is 0 Å². The molecule has 1 amide bonds. The van der Waals surface area contributed by atoms with Gasteiger partial charge in [-0.25, -0.2) is 4.79 Å². The Bertz CT molecular complexity index is 2870. The Kier molecular flexibility index (Phi) is 22.7. The summed E-state index contributed by atoms with van der Waals surface area (Å²) >= 11 is 24.4. The molecule has 0 bridgehead atoms. The van der Waals surface area contributed by atoms with E-state index in [9.17, 15) is 25.0 Å². The van der Waals surface area contributed by atoms with Crippen molar-refractivity contribution in [2.24, 2.45) is 0 Å². The Morgan fingerprint density at radius 3 is 1.40 bits per heavy atom. The zero-order valence-electron chi connectivity index (χ0n) is 45.2. The van der Waals surface area contributed by atoms with Crippen molar-refractivity contribution in [3.8, 4) is 5.75 Å². The number of benzene rings is 5. The molecule has 78 heavy (non-hydrogen) atoms. The van der Waals surface area contributed by atoms with E-state index in [1.165, 1.54) is 18.2 Å². The van der Waals surface area contributed by atoms with Crippen molar-refractivity contribution < 1.29 is 58.0 Å². The molecular formula is C56H68Cl4N4O14. The second-order valence-electron chi connectivity index (χ2n) is 20.2. The number of ether oxygens (including phenoxy) is 7. The summed E-state index contributed by atoms with van der Waals surface area (Å²) in [5, 5.41) is 44.3. The van der Waals surface area contributed by atoms with Gasteiger partial charge in [0.05, 0.1) is 72.7 Å². The van der Waals surface area contributed by atoms with E-state index < -0.39 is 39.2 Å². The minimum Gasteiger partial charge on any atom is -0.410 e. The molecule has 3 fully saturated rings. The number of nitrogens with two attached hydrogens (primary N) is 1. The largest absolute Gasteiger partial charge is 0.417 e. The van der Waals surface area contributed by atoms with Crippen LogP contribution in [0.4, 0.5) is 27.5 Å². The van der Waals surface area contributed by atoms with Crippen LogP contribution < -0.4 is 15.8 Å². The van der Waals surface area contributed by atoms with Crippen molar-refractivity contribution >= 4 is 75.2 Å². The van der Waals surface area contributed by atoms with Gasteiger partial charge in [-0.15, -0.1) is 0 Å². The number of hydrogen-bond donors (Lipinski definition) is 4. The van der Waals surface area contributed by atoms with Crippen molar-refractivity contribution in [3.63, 3.8) is 0 Å². The number of nitrogens with one attached hydrogen (secondary N) is 1. The average molecular weight is 1160 g/mol. The number of aliphatic hydroxyl groups excluding tert-OH is 2. The fraction of sp³-hybridized carbons (Fsp3) is 0.446. The minimum absolute atomic E-state index is 0.00423. The molecule has 5 N–H and O–H groups in total. The van der Waals surface area contributed by atoms with Gasteiger partial charge in [0.25, 0.3) is 11.4 Å². The highest BCUT2D eigenvalue weighted by Crippen LogP contribution is 2.38. The molecule has 3 heterocycles. The van der Waals surface area contributed by atoms with Gasteiger partial charge in [0.1, 0.15) is 5.75 Å². The Morgan fingerprint density at radius 1 is 0.603 bits per heavy atom. The van der Waals surface area contributed by atoms with E-state index >= 15 is 0 Å². The number of nitrogens with zero attached hydrogens (tertiary/aromatic N) is 2. The molecule has 0 spiro atoms. The molecule has 5 aromatic carbocycles. The number of carbonyl (C=O) groups excluding carboxylic acids is 1. The average Bonchev–Trinajstić information content (AvgIpc) is 3.37. The fourth-order valence-electron chi connectivity index (χ4n) is 8.38. The van der Waals surface area contributed by atoms with Gasteiger partial charge < -0.3 is 49.1 Å². The summed E-state index contributed by atoms with van der Waals surface area (Å²) in [5.41, 5.74) is 13.8. The van der Waals surface area contributed by atoms with Crippen molar-refractivity contribution in [3.05, 3.63) is 164 Å². The van der Waals surface area contributed by atoms with Crippen LogP contribution in [0.5, 0.6) is 5.75 Å². The Balaban J connectivity index is 0.000000196. The van der Waals surface area contributed by atoms with Gasteiger partial charge in [-0.05, 0) is 150 Å². The van der Waals surface area contributed by atoms with Gasteiger partial charge in [-0.1, -0.05) is 64.6 Å². The molecule has 424 valence electrons. The predicted molar refractivity (Wildman–Crippen MR) is 302 cm³/mol. The number of halogens is 4. The number of para-hydroxylation sites is 1. The summed E-state index contributed by atoms with van der Waals surface area (Å²) in [6.07, 6.45) is -0.570. The quantitative estimate of drug-likeness (QED) is 0.0577. The maximum Gasteiger partial charge on any atom is 0.417 e. The Morgan fingerprint density at radius 2 is 0.974 bits per heavy atom. The predicted octanol–water partition coefficient (Wildman–Crippen LogP) is 13.3. The van der Waals surface area contributed by atoms with E-state index in [4.69, 9.17) is 95.5 Å². The second-order valence-corrected chi connectivity index (χ2v) is 21.9. The van der Waals surface area contributed by atoms with Crippen LogP contribution in [-0.2, 0) is 28.4 Å². The molecule has 0 atom stereocenters. The number of aliphatic hydroxyl groups is 2. The molecule has 0 aliphatic carbocycles. The standard InChI is InChI=1S/C20H22ClNO4.C13H16ClNO4.C13H18ClNO2.C10H12ClNO4/c1-13-17(14-11-24-20(2,3)25-12-14)9-15(10-18(13)21)22-19(23)26-16-7-5-4-6-8-16;1-8-11(4-10(15(16)17)5-12(8)14)9-6-18-13(2,3)19-7-9;1-8-11(4-10(15)5-12(8)14)9-6-16-13(2,3)17-7-9;1-6-9(7(4-13)5-14)2-8(12(15)16)3-10(6)11/h4-10,14H,11-12H2,1-3H3,(H,22,23);4-5,9H,6-7H2,1-3H3;4-5,9H,6-7,15H2,1-3H3;2-3,7,13-14H,4-5H2,1H3. The lowest BCUT2D eigenvalue weighted by molar-refractivity contribution is -0.385. The maximum absolute atomic E-state index is 12.1. The number of anilines is 2. The summed E-state index contributed by atoms with van der Waals surface area (Å²) in [6.45, 7) is 21.5. The molecule has 8 rings (SSSR count). The van der Waals surface area contributed by atoms with Crippen molar-refractivity contribution in [1.82, 2.24) is 0 Å². The highest BCUT2D eigenvalue weighted by Gasteiger charge is 2.33. The first kappa shape index (κ1) is 63.6. The van der Waals surface area contributed by atoms with Crippen LogP contribution in [0.15, 0.2) is 78.9 Å². The number of hydrogen-bond acceptors (Lipinski definition) is 15. The highest BCUT2D eigenvalue weighted by atomic mass is 35.5. The van der Waals surface area contributed by atoms with Crippen LogP contribution in [0.3, 0.4) is 0 Å². The zero-order chi connectivity index (χ0) is 57.9. The zero-order valence-corrected chi connectivity index (χ0v) is 48.3. The first-order chi connectivity index (χ1) is 36.5. The first-order valence-electron chi connectivity index (χ1n) is 24.9. The Labute approximate surface area is 474 Å². The lowest BCUT2D eigenvalue weighted by Gasteiger charge is -2.35. The molecule has 3 saturated heterocycles. The third kappa shape index (κ3) is 17.9. The van der Waals surface area contributed by atoms with E-state index in [0.717, 1.165) is 33.4 Å². The van der Waals surface area contributed by atoms with Crippen LogP contribution in [0.25, 0.3) is 0 Å². The van der Waals surface area contributed by atoms with Crippen LogP contribution in [-0.4, -0.2) is 96.4 Å². The normalized spacial score (nSPS) is 17.0. The SMILES string of the molecule is Cc1c(Cl)cc(N)cc1C1COC(C)(C)OC1.Cc1c(Cl)cc(NC(=O)Oc2ccccc2)cc1C1COC(C)(C)OC1.Cc1c(Cl)cc([N+](=O)[O-])cc1C(CO)CO.Cc1c(Cl)cc([N+](=O)[O-])cc1C1COC(C)(C)OC1. The number of nitro benzene ring substituents is 2. The van der Waals surface area contributed by atoms with Gasteiger partial charge in [0.15, 0.2) is 17.4 Å². The summed E-state index contributed by atoms with van der Waals surface area (Å²) in [6, 6.07) is 21.7. The first-order valence-corrected chi connectivity index (χ1v) is 26.4. The van der Waals surface area contributed by atoms with Gasteiger partial charge in [0, 0.05) is 69.4 Å². The van der Waals surface area contributed by atoms with Crippen LogP contribution >= 0.6 is 46.4 Å². The molecule has 22 heteroatoms.